The van der Waals surface area contributed by atoms with E-state index >= 15 is 0 Å². The number of nitrogens with zero attached hydrogens (tertiary/aromatic N) is 2. The van der Waals surface area contributed by atoms with Crippen LogP contribution in [-0.4, -0.2) is 9.55 Å². The van der Waals surface area contributed by atoms with Crippen LogP contribution in [0.1, 0.15) is 49.9 Å². The zero-order valence-corrected chi connectivity index (χ0v) is 20.6. The fourth-order valence-corrected chi connectivity index (χ4v) is 5.76. The monoisotopic (exact) mass is 458 g/mol. The third-order valence-corrected chi connectivity index (χ3v) is 7.71. The highest BCUT2D eigenvalue weighted by Gasteiger charge is 2.34. The van der Waals surface area contributed by atoms with E-state index in [1.807, 2.05) is 24.5 Å². The molecule has 4 heteroatoms. The molecule has 0 saturated heterocycles. The van der Waals surface area contributed by atoms with Gasteiger partial charge in [-0.05, 0) is 46.5 Å². The molecular weight excluding hydrogens is 428 g/mol. The number of imidazole rings is 1. The number of fused-ring (bicyclic) bond motifs is 4. The van der Waals surface area contributed by atoms with Crippen molar-refractivity contribution in [1.82, 2.24) is 9.55 Å². The Hall–Kier alpha value is -4.05. The second-order valence-electron chi connectivity index (χ2n) is 10.5. The van der Waals surface area contributed by atoms with Crippen LogP contribution in [0, 0.1) is 0 Å². The Kier molecular flexibility index (Phi) is 4.59. The molecule has 1 aromatic heterocycles. The molecule has 0 unspecified atom stereocenters. The van der Waals surface area contributed by atoms with Crippen molar-refractivity contribution < 1.29 is 0 Å². The summed E-state index contributed by atoms with van der Waals surface area (Å²) in [5.41, 5.74) is 18.0. The molecule has 2 aliphatic heterocycles. The highest BCUT2D eigenvalue weighted by atomic mass is 15.1. The Balaban J connectivity index is 0.000000131. The van der Waals surface area contributed by atoms with E-state index in [9.17, 15) is 0 Å². The summed E-state index contributed by atoms with van der Waals surface area (Å²) in [5.74, 6) is 0. The van der Waals surface area contributed by atoms with Gasteiger partial charge in [-0.15, -0.1) is 0 Å². The zero-order chi connectivity index (χ0) is 24.4. The number of anilines is 3. The van der Waals surface area contributed by atoms with Crippen LogP contribution < -0.4 is 11.1 Å². The smallest absolute Gasteiger partial charge is 0.100 e. The number of hydrogen-bond acceptors (Lipinski definition) is 3. The Morgan fingerprint density at radius 2 is 1.31 bits per heavy atom. The van der Waals surface area contributed by atoms with Crippen LogP contribution in [0.2, 0.25) is 0 Å². The molecule has 0 amide bonds. The zero-order valence-electron chi connectivity index (χ0n) is 20.6. The van der Waals surface area contributed by atoms with Gasteiger partial charge in [-0.3, -0.25) is 4.57 Å². The summed E-state index contributed by atoms with van der Waals surface area (Å²) in [6.07, 6.45) is 1.93. The lowest BCUT2D eigenvalue weighted by atomic mass is 9.74. The van der Waals surface area contributed by atoms with Crippen molar-refractivity contribution >= 4 is 28.1 Å². The molecule has 2 aliphatic rings. The Morgan fingerprint density at radius 3 is 2.14 bits per heavy atom. The second-order valence-corrected chi connectivity index (χ2v) is 10.5. The summed E-state index contributed by atoms with van der Waals surface area (Å²) in [6, 6.07) is 29.5. The number of para-hydroxylation sites is 4. The van der Waals surface area contributed by atoms with E-state index in [-0.39, 0.29) is 10.8 Å². The first-order valence-corrected chi connectivity index (χ1v) is 12.1. The largest absolute Gasteiger partial charge is 0.397 e. The maximum Gasteiger partial charge on any atom is 0.100 e. The third-order valence-electron chi connectivity index (χ3n) is 7.71. The van der Waals surface area contributed by atoms with E-state index in [1.54, 1.807) is 0 Å². The van der Waals surface area contributed by atoms with Crippen LogP contribution in [0.5, 0.6) is 0 Å². The molecule has 3 N–H and O–H groups in total. The van der Waals surface area contributed by atoms with Crippen molar-refractivity contribution in [3.05, 3.63) is 114 Å². The highest BCUT2D eigenvalue weighted by Crippen LogP contribution is 2.47. The fourth-order valence-electron chi connectivity index (χ4n) is 5.76. The summed E-state index contributed by atoms with van der Waals surface area (Å²) in [7, 11) is 0. The first-order valence-electron chi connectivity index (χ1n) is 12.1. The number of nitrogen functional groups attached to an aromatic ring is 1. The topological polar surface area (TPSA) is 55.9 Å². The van der Waals surface area contributed by atoms with Crippen LogP contribution in [0.4, 0.5) is 17.1 Å². The van der Waals surface area contributed by atoms with Gasteiger partial charge in [0.25, 0.3) is 0 Å². The third kappa shape index (κ3) is 3.09. The van der Waals surface area contributed by atoms with Crippen LogP contribution in [0.3, 0.4) is 0 Å². The molecular formula is C31H30N4. The summed E-state index contributed by atoms with van der Waals surface area (Å²) in [6.45, 7) is 9.06. The van der Waals surface area contributed by atoms with E-state index < -0.39 is 0 Å². The first-order chi connectivity index (χ1) is 16.8. The molecule has 4 aromatic carbocycles. The lowest BCUT2D eigenvalue weighted by Crippen LogP contribution is -2.26. The van der Waals surface area contributed by atoms with Crippen LogP contribution in [-0.2, 0) is 10.8 Å². The summed E-state index contributed by atoms with van der Waals surface area (Å²) >= 11 is 0. The van der Waals surface area contributed by atoms with E-state index in [2.05, 4.69) is 109 Å². The minimum atomic E-state index is -0.00738. The van der Waals surface area contributed by atoms with Crippen LogP contribution >= 0.6 is 0 Å². The van der Waals surface area contributed by atoms with Gasteiger partial charge in [0.2, 0.25) is 0 Å². The van der Waals surface area contributed by atoms with E-state index in [0.29, 0.717) is 0 Å². The average molecular weight is 459 g/mol. The number of nitrogens with two attached hydrogens (primary N) is 1. The predicted molar refractivity (Wildman–Crippen MR) is 146 cm³/mol. The molecule has 3 heterocycles. The van der Waals surface area contributed by atoms with Crippen molar-refractivity contribution in [2.45, 2.75) is 38.5 Å². The van der Waals surface area contributed by atoms with Crippen molar-refractivity contribution in [2.75, 3.05) is 11.1 Å². The Morgan fingerprint density at radius 1 is 0.686 bits per heavy atom. The fraction of sp³-hybridized carbons (Fsp3) is 0.194. The molecule has 4 nitrogen and oxygen atoms in total. The lowest BCUT2D eigenvalue weighted by molar-refractivity contribution is 0.628. The molecule has 0 atom stereocenters. The van der Waals surface area contributed by atoms with Crippen LogP contribution in [0.15, 0.2) is 91.3 Å². The second kappa shape index (κ2) is 7.47. The summed E-state index contributed by atoms with van der Waals surface area (Å²) in [5, 5.41) is 3.44. The summed E-state index contributed by atoms with van der Waals surface area (Å²) < 4.78 is 2.21. The molecule has 0 bridgehead atoms. The molecule has 0 saturated carbocycles. The number of nitrogens with one attached hydrogen (secondary N) is 1. The molecule has 0 radical (unpaired) electrons. The van der Waals surface area contributed by atoms with Gasteiger partial charge in [0.15, 0.2) is 0 Å². The van der Waals surface area contributed by atoms with Gasteiger partial charge in [-0.25, -0.2) is 4.98 Å². The molecule has 0 spiro atoms. The maximum absolute atomic E-state index is 6.06. The van der Waals surface area contributed by atoms with Gasteiger partial charge in [-0.2, -0.15) is 0 Å². The molecule has 35 heavy (non-hydrogen) atoms. The van der Waals surface area contributed by atoms with Crippen molar-refractivity contribution in [3.63, 3.8) is 0 Å². The van der Waals surface area contributed by atoms with Crippen molar-refractivity contribution in [1.29, 1.82) is 0 Å². The minimum absolute atomic E-state index is 0.00738. The average Bonchev–Trinajstić information content (AvgIpc) is 3.29. The number of aromatic nitrogens is 2. The normalized spacial score (nSPS) is 15.7. The van der Waals surface area contributed by atoms with Gasteiger partial charge in [0.1, 0.15) is 6.33 Å². The van der Waals surface area contributed by atoms with Gasteiger partial charge >= 0.3 is 0 Å². The summed E-state index contributed by atoms with van der Waals surface area (Å²) in [4.78, 5) is 4.52. The number of rotatable bonds is 0. The van der Waals surface area contributed by atoms with Crippen molar-refractivity contribution in [2.24, 2.45) is 0 Å². The number of hydrogen-bond donors (Lipinski definition) is 2. The predicted octanol–water partition coefficient (Wildman–Crippen LogP) is 7.32. The van der Waals surface area contributed by atoms with E-state index in [1.165, 1.54) is 33.5 Å². The van der Waals surface area contributed by atoms with Crippen molar-refractivity contribution in [3.8, 4) is 5.69 Å². The number of benzene rings is 4. The quantitative estimate of drug-likeness (QED) is 0.239. The Labute approximate surface area is 206 Å². The Bertz CT molecular complexity index is 1590. The molecule has 5 aromatic rings. The molecule has 0 fully saturated rings. The van der Waals surface area contributed by atoms with E-state index in [0.717, 1.165) is 22.6 Å². The van der Waals surface area contributed by atoms with Gasteiger partial charge in [0.05, 0.1) is 28.1 Å². The standard InChI is InChI=1S/C16H14N2.C15H16N2/c1-16(2)11-6-3-4-9-14(11)18-10-17-13-8-5-7-12(16)15(13)18;1-15(2)10-6-3-4-9-13(10)17-14-11(15)7-5-8-12(14)16/h3-10H,1-2H3;3-9,17H,16H2,1-2H3. The maximum atomic E-state index is 6.06. The highest BCUT2D eigenvalue weighted by molar-refractivity contribution is 5.86. The van der Waals surface area contributed by atoms with Gasteiger partial charge < -0.3 is 11.1 Å². The van der Waals surface area contributed by atoms with Gasteiger partial charge in [0, 0.05) is 16.5 Å². The lowest BCUT2D eigenvalue weighted by Gasteiger charge is -2.36. The van der Waals surface area contributed by atoms with E-state index in [4.69, 9.17) is 5.73 Å². The minimum Gasteiger partial charge on any atom is -0.397 e. The SMILES string of the molecule is CC1(C)c2ccccc2-n2cnc3cccc1c32.CC1(C)c2ccccc2Nc2c(N)cccc21. The molecule has 174 valence electrons. The van der Waals surface area contributed by atoms with Crippen LogP contribution in [0.25, 0.3) is 16.7 Å². The van der Waals surface area contributed by atoms with Gasteiger partial charge in [-0.1, -0.05) is 88.4 Å². The molecule has 7 rings (SSSR count). The molecule has 0 aliphatic carbocycles. The first kappa shape index (κ1) is 21.5.